The van der Waals surface area contributed by atoms with Gasteiger partial charge in [-0.05, 0) is 55.7 Å². The molecule has 9 heteroatoms. The van der Waals surface area contributed by atoms with E-state index in [-0.39, 0.29) is 21.9 Å². The Morgan fingerprint density at radius 1 is 1.14 bits per heavy atom. The minimum atomic E-state index is -3.60. The summed E-state index contributed by atoms with van der Waals surface area (Å²) >= 11 is 0. The van der Waals surface area contributed by atoms with Crippen LogP contribution >= 0.6 is 0 Å². The first-order chi connectivity index (χ1) is 13.8. The van der Waals surface area contributed by atoms with Crippen molar-refractivity contribution in [2.24, 2.45) is 0 Å². The number of amides is 1. The summed E-state index contributed by atoms with van der Waals surface area (Å²) in [5.74, 6) is -1.68. The third-order valence-corrected chi connectivity index (χ3v) is 6.42. The molecule has 0 saturated carbocycles. The molecule has 0 bridgehead atoms. The Balaban J connectivity index is 1.61. The van der Waals surface area contributed by atoms with Crippen molar-refractivity contribution in [2.75, 3.05) is 25.0 Å². The molecule has 1 aliphatic rings. The number of benzene rings is 2. The molecule has 1 heterocycles. The molecule has 0 aromatic heterocycles. The predicted molar refractivity (Wildman–Crippen MR) is 106 cm³/mol. The first kappa shape index (κ1) is 20.8. The number of phenolic OH excluding ortho intramolecular Hbond substituents is 1. The van der Waals surface area contributed by atoms with Crippen molar-refractivity contribution < 1.29 is 27.9 Å². The van der Waals surface area contributed by atoms with Crippen LogP contribution in [0.5, 0.6) is 5.75 Å². The number of anilines is 1. The van der Waals surface area contributed by atoms with Crippen LogP contribution < -0.4 is 5.32 Å². The molecule has 1 fully saturated rings. The third kappa shape index (κ3) is 4.93. The van der Waals surface area contributed by atoms with Gasteiger partial charge in [0.05, 0.1) is 4.90 Å². The number of ether oxygens (including phenoxy) is 1. The molecule has 0 unspecified atom stereocenters. The lowest BCUT2D eigenvalue weighted by atomic mass is 10.1. The van der Waals surface area contributed by atoms with E-state index in [9.17, 15) is 23.1 Å². The number of nitrogens with one attached hydrogen (secondary N) is 1. The minimum Gasteiger partial charge on any atom is -0.507 e. The van der Waals surface area contributed by atoms with E-state index in [1.54, 1.807) is 19.1 Å². The molecular weight excluding hydrogens is 396 g/mol. The predicted octanol–water partition coefficient (Wildman–Crippen LogP) is 2.28. The van der Waals surface area contributed by atoms with Crippen LogP contribution in [0.25, 0.3) is 0 Å². The molecule has 29 heavy (non-hydrogen) atoms. The van der Waals surface area contributed by atoms with Gasteiger partial charge in [-0.1, -0.05) is 12.1 Å². The van der Waals surface area contributed by atoms with Crippen LogP contribution in [0, 0.1) is 6.92 Å². The zero-order chi connectivity index (χ0) is 21.0. The number of carbonyl (C=O) groups is 2. The average molecular weight is 418 g/mol. The first-order valence-corrected chi connectivity index (χ1v) is 10.6. The van der Waals surface area contributed by atoms with Gasteiger partial charge in [0, 0.05) is 18.8 Å². The maximum Gasteiger partial charge on any atom is 0.342 e. The first-order valence-electron chi connectivity index (χ1n) is 9.14. The Bertz CT molecular complexity index is 1030. The highest BCUT2D eigenvalue weighted by atomic mass is 32.2. The number of sulfonamides is 1. The van der Waals surface area contributed by atoms with E-state index in [1.165, 1.54) is 34.6 Å². The van der Waals surface area contributed by atoms with Crippen LogP contribution in [0.1, 0.15) is 28.8 Å². The van der Waals surface area contributed by atoms with Gasteiger partial charge in [-0.2, -0.15) is 4.31 Å². The van der Waals surface area contributed by atoms with Crippen LogP contribution in [0.15, 0.2) is 47.4 Å². The number of carbonyl (C=O) groups excluding carboxylic acids is 2. The Morgan fingerprint density at radius 3 is 2.55 bits per heavy atom. The fraction of sp³-hybridized carbons (Fsp3) is 0.300. The fourth-order valence-electron chi connectivity index (χ4n) is 3.03. The standard InChI is InChI=1S/C20H22N2O6S/c1-14-7-8-17(18(23)11-14)20(25)28-13-19(24)21-15-5-4-6-16(12-15)29(26,27)22-9-2-3-10-22/h4-8,11-12,23H,2-3,9-10,13H2,1H3,(H,21,24). The van der Waals surface area contributed by atoms with Crippen LogP contribution in [0.3, 0.4) is 0 Å². The second-order valence-corrected chi connectivity index (χ2v) is 8.72. The largest absolute Gasteiger partial charge is 0.507 e. The zero-order valence-electron chi connectivity index (χ0n) is 15.9. The van der Waals surface area contributed by atoms with Crippen molar-refractivity contribution in [1.82, 2.24) is 4.31 Å². The van der Waals surface area contributed by atoms with Crippen molar-refractivity contribution in [3.05, 3.63) is 53.6 Å². The Labute approximate surface area is 169 Å². The summed E-state index contributed by atoms with van der Waals surface area (Å²) in [7, 11) is -3.60. The van der Waals surface area contributed by atoms with E-state index in [2.05, 4.69) is 5.32 Å². The molecule has 0 atom stereocenters. The van der Waals surface area contributed by atoms with Crippen molar-refractivity contribution in [3.8, 4) is 5.75 Å². The quantitative estimate of drug-likeness (QED) is 0.696. The van der Waals surface area contributed by atoms with Crippen LogP contribution in [-0.4, -0.2) is 49.4 Å². The van der Waals surface area contributed by atoms with Gasteiger partial charge in [-0.3, -0.25) is 4.79 Å². The molecule has 1 aliphatic heterocycles. The highest BCUT2D eigenvalue weighted by Gasteiger charge is 2.27. The molecule has 0 spiro atoms. The molecule has 0 aliphatic carbocycles. The van der Waals surface area contributed by atoms with Crippen LogP contribution in [-0.2, 0) is 19.6 Å². The number of aromatic hydroxyl groups is 1. The van der Waals surface area contributed by atoms with E-state index >= 15 is 0 Å². The molecule has 8 nitrogen and oxygen atoms in total. The van der Waals surface area contributed by atoms with Gasteiger partial charge < -0.3 is 15.2 Å². The van der Waals surface area contributed by atoms with Gasteiger partial charge in [0.2, 0.25) is 10.0 Å². The number of esters is 1. The maximum absolute atomic E-state index is 12.6. The molecule has 0 radical (unpaired) electrons. The lowest BCUT2D eigenvalue weighted by molar-refractivity contribution is -0.119. The van der Waals surface area contributed by atoms with Crippen molar-refractivity contribution in [1.29, 1.82) is 0 Å². The Hall–Kier alpha value is -2.91. The van der Waals surface area contributed by atoms with E-state index in [0.717, 1.165) is 18.4 Å². The number of nitrogens with zero attached hydrogens (tertiary/aromatic N) is 1. The van der Waals surface area contributed by atoms with E-state index in [0.29, 0.717) is 13.1 Å². The topological polar surface area (TPSA) is 113 Å². The molecule has 154 valence electrons. The van der Waals surface area contributed by atoms with Gasteiger partial charge in [-0.25, -0.2) is 13.2 Å². The Morgan fingerprint density at radius 2 is 1.86 bits per heavy atom. The molecule has 2 aromatic carbocycles. The minimum absolute atomic E-state index is 0.0397. The smallest absolute Gasteiger partial charge is 0.342 e. The van der Waals surface area contributed by atoms with E-state index < -0.39 is 28.5 Å². The van der Waals surface area contributed by atoms with Crippen LogP contribution in [0.2, 0.25) is 0 Å². The lowest BCUT2D eigenvalue weighted by Crippen LogP contribution is -2.28. The molecule has 3 rings (SSSR count). The number of hydrogen-bond acceptors (Lipinski definition) is 6. The number of rotatable bonds is 6. The number of phenols is 1. The summed E-state index contributed by atoms with van der Waals surface area (Å²) in [6, 6.07) is 10.4. The number of aryl methyl sites for hydroxylation is 1. The summed E-state index contributed by atoms with van der Waals surface area (Å²) in [5, 5.41) is 12.3. The molecule has 1 saturated heterocycles. The Kier molecular flexibility index (Phi) is 6.19. The second kappa shape index (κ2) is 8.62. The monoisotopic (exact) mass is 418 g/mol. The molecule has 2 N–H and O–H groups in total. The summed E-state index contributed by atoms with van der Waals surface area (Å²) in [6.07, 6.45) is 1.66. The summed E-state index contributed by atoms with van der Waals surface area (Å²) in [6.45, 7) is 2.16. The summed E-state index contributed by atoms with van der Waals surface area (Å²) in [5.41, 5.74) is 1.02. The second-order valence-electron chi connectivity index (χ2n) is 6.78. The average Bonchev–Trinajstić information content (AvgIpc) is 3.22. The summed E-state index contributed by atoms with van der Waals surface area (Å²) < 4.78 is 31.6. The highest BCUT2D eigenvalue weighted by molar-refractivity contribution is 7.89. The van der Waals surface area contributed by atoms with Crippen molar-refractivity contribution in [2.45, 2.75) is 24.7 Å². The number of hydrogen-bond donors (Lipinski definition) is 2. The highest BCUT2D eigenvalue weighted by Crippen LogP contribution is 2.23. The van der Waals surface area contributed by atoms with Crippen molar-refractivity contribution in [3.63, 3.8) is 0 Å². The van der Waals surface area contributed by atoms with Crippen LogP contribution in [0.4, 0.5) is 5.69 Å². The lowest BCUT2D eigenvalue weighted by Gasteiger charge is -2.16. The fourth-order valence-corrected chi connectivity index (χ4v) is 4.60. The summed E-state index contributed by atoms with van der Waals surface area (Å²) in [4.78, 5) is 24.2. The normalized spacial score (nSPS) is 14.5. The van der Waals surface area contributed by atoms with Gasteiger partial charge in [0.25, 0.3) is 5.91 Å². The van der Waals surface area contributed by atoms with E-state index in [4.69, 9.17) is 4.74 Å². The van der Waals surface area contributed by atoms with E-state index in [1.807, 2.05) is 0 Å². The van der Waals surface area contributed by atoms with Gasteiger partial charge in [0.15, 0.2) is 6.61 Å². The molecule has 1 amide bonds. The van der Waals surface area contributed by atoms with Gasteiger partial charge >= 0.3 is 5.97 Å². The van der Waals surface area contributed by atoms with Crippen molar-refractivity contribution >= 4 is 27.6 Å². The van der Waals surface area contributed by atoms with Gasteiger partial charge in [-0.15, -0.1) is 0 Å². The molecular formula is C20H22N2O6S. The third-order valence-electron chi connectivity index (χ3n) is 4.53. The molecule has 2 aromatic rings. The van der Waals surface area contributed by atoms with Gasteiger partial charge in [0.1, 0.15) is 11.3 Å². The SMILES string of the molecule is Cc1ccc(C(=O)OCC(=O)Nc2cccc(S(=O)(=O)N3CCCC3)c2)c(O)c1. The maximum atomic E-state index is 12.6. The zero-order valence-corrected chi connectivity index (χ0v) is 16.7.